The highest BCUT2D eigenvalue weighted by Gasteiger charge is 2.33. The largest absolute Gasteiger partial charge is 0.497 e. The van der Waals surface area contributed by atoms with Crippen molar-refractivity contribution in [3.63, 3.8) is 0 Å². The van der Waals surface area contributed by atoms with Crippen molar-refractivity contribution >= 4 is 27.5 Å². The van der Waals surface area contributed by atoms with E-state index in [1.165, 1.54) is 24.1 Å². The first-order chi connectivity index (χ1) is 18.5. The minimum atomic E-state index is -3.92. The van der Waals surface area contributed by atoms with Gasteiger partial charge in [0.1, 0.15) is 24.2 Å². The zero-order chi connectivity index (χ0) is 28.6. The third kappa shape index (κ3) is 8.54. The molecule has 0 fully saturated rings. The quantitative estimate of drug-likeness (QED) is 0.367. The average Bonchev–Trinajstić information content (AvgIpc) is 2.89. The molecule has 1 atom stereocenters. The van der Waals surface area contributed by atoms with Crippen LogP contribution in [0.5, 0.6) is 5.75 Å². The van der Waals surface area contributed by atoms with Crippen LogP contribution in [-0.2, 0) is 32.6 Å². The number of amides is 2. The van der Waals surface area contributed by atoms with Crippen LogP contribution in [0.25, 0.3) is 0 Å². The van der Waals surface area contributed by atoms with Crippen LogP contribution in [0, 0.1) is 5.82 Å². The van der Waals surface area contributed by atoms with E-state index in [0.717, 1.165) is 28.3 Å². The molecule has 0 aliphatic carbocycles. The van der Waals surface area contributed by atoms with Gasteiger partial charge >= 0.3 is 0 Å². The van der Waals surface area contributed by atoms with Crippen molar-refractivity contribution in [3.05, 3.63) is 95.8 Å². The summed E-state index contributed by atoms with van der Waals surface area (Å²) < 4.78 is 45.2. The Morgan fingerprint density at radius 1 is 0.949 bits per heavy atom. The highest BCUT2D eigenvalue weighted by atomic mass is 32.2. The number of nitrogens with zero attached hydrogens (tertiary/aromatic N) is 2. The predicted molar refractivity (Wildman–Crippen MR) is 149 cm³/mol. The summed E-state index contributed by atoms with van der Waals surface area (Å²) in [6.45, 7) is 3.10. The van der Waals surface area contributed by atoms with E-state index in [1.54, 1.807) is 24.3 Å². The van der Waals surface area contributed by atoms with Crippen molar-refractivity contribution < 1.29 is 27.1 Å². The second kappa shape index (κ2) is 13.2. The van der Waals surface area contributed by atoms with Crippen molar-refractivity contribution in [1.82, 2.24) is 10.2 Å². The summed E-state index contributed by atoms with van der Waals surface area (Å²) >= 11 is 0. The summed E-state index contributed by atoms with van der Waals surface area (Å²) in [6, 6.07) is 20.1. The van der Waals surface area contributed by atoms with E-state index < -0.39 is 34.3 Å². The Bertz CT molecular complexity index is 1370. The third-order valence-corrected chi connectivity index (χ3v) is 7.12. The van der Waals surface area contributed by atoms with Gasteiger partial charge in [0.25, 0.3) is 0 Å². The van der Waals surface area contributed by atoms with Gasteiger partial charge in [-0.2, -0.15) is 0 Å². The molecule has 0 saturated heterocycles. The molecule has 39 heavy (non-hydrogen) atoms. The number of sulfonamides is 1. The molecule has 0 saturated carbocycles. The van der Waals surface area contributed by atoms with Gasteiger partial charge in [-0.15, -0.1) is 0 Å². The van der Waals surface area contributed by atoms with Crippen LogP contribution in [0.2, 0.25) is 0 Å². The number of benzene rings is 3. The molecular weight excluding hydrogens is 521 g/mol. The molecular formula is C29H34FN3O5S. The SMILES string of the molecule is COc1cccc(CN(C(=O)CN(c2ccc(F)cc2)S(C)(=O)=O)C(Cc2ccccc2)C(=O)NC(C)C)c1. The van der Waals surface area contributed by atoms with Gasteiger partial charge in [-0.3, -0.25) is 13.9 Å². The maximum absolute atomic E-state index is 14.0. The van der Waals surface area contributed by atoms with Crippen LogP contribution in [0.15, 0.2) is 78.9 Å². The van der Waals surface area contributed by atoms with Crippen LogP contribution in [0.3, 0.4) is 0 Å². The summed E-state index contributed by atoms with van der Waals surface area (Å²) in [7, 11) is -2.39. The molecule has 3 rings (SSSR count). The summed E-state index contributed by atoms with van der Waals surface area (Å²) in [6.07, 6.45) is 1.19. The van der Waals surface area contributed by atoms with Gasteiger partial charge in [-0.05, 0) is 61.4 Å². The first-order valence-corrected chi connectivity index (χ1v) is 14.3. The van der Waals surface area contributed by atoms with Crippen molar-refractivity contribution in [2.24, 2.45) is 0 Å². The van der Waals surface area contributed by atoms with Crippen LogP contribution >= 0.6 is 0 Å². The first kappa shape index (κ1) is 29.6. The lowest BCUT2D eigenvalue weighted by Gasteiger charge is -2.34. The van der Waals surface area contributed by atoms with E-state index in [9.17, 15) is 22.4 Å². The Labute approximate surface area is 229 Å². The molecule has 0 heterocycles. The van der Waals surface area contributed by atoms with E-state index in [0.29, 0.717) is 11.3 Å². The summed E-state index contributed by atoms with van der Waals surface area (Å²) in [5, 5.41) is 2.90. The average molecular weight is 556 g/mol. The zero-order valence-corrected chi connectivity index (χ0v) is 23.3. The van der Waals surface area contributed by atoms with Crippen LogP contribution in [0.4, 0.5) is 10.1 Å². The van der Waals surface area contributed by atoms with E-state index in [2.05, 4.69) is 5.32 Å². The first-order valence-electron chi connectivity index (χ1n) is 12.5. The van der Waals surface area contributed by atoms with Crippen molar-refractivity contribution in [2.75, 3.05) is 24.2 Å². The lowest BCUT2D eigenvalue weighted by molar-refractivity contribution is -0.140. The number of hydrogen-bond donors (Lipinski definition) is 1. The number of carbonyl (C=O) groups excluding carboxylic acids is 2. The normalized spacial score (nSPS) is 12.1. The highest BCUT2D eigenvalue weighted by molar-refractivity contribution is 7.92. The lowest BCUT2D eigenvalue weighted by atomic mass is 10.0. The fraction of sp³-hybridized carbons (Fsp3) is 0.310. The maximum atomic E-state index is 14.0. The molecule has 3 aromatic rings. The number of halogens is 1. The molecule has 208 valence electrons. The van der Waals surface area contributed by atoms with Crippen LogP contribution < -0.4 is 14.4 Å². The molecule has 10 heteroatoms. The number of methoxy groups -OCH3 is 1. The second-order valence-corrected chi connectivity index (χ2v) is 11.4. The number of rotatable bonds is 12. The molecule has 1 unspecified atom stereocenters. The lowest BCUT2D eigenvalue weighted by Crippen LogP contribution is -2.54. The van der Waals surface area contributed by atoms with Gasteiger partial charge in [0.15, 0.2) is 0 Å². The third-order valence-electron chi connectivity index (χ3n) is 5.98. The van der Waals surface area contributed by atoms with Gasteiger partial charge in [0.05, 0.1) is 19.1 Å². The van der Waals surface area contributed by atoms with Gasteiger partial charge in [0.2, 0.25) is 21.8 Å². The van der Waals surface area contributed by atoms with Crippen molar-refractivity contribution in [3.8, 4) is 5.75 Å². The molecule has 3 aromatic carbocycles. The molecule has 1 N–H and O–H groups in total. The Hall–Kier alpha value is -3.92. The smallest absolute Gasteiger partial charge is 0.244 e. The molecule has 0 aliphatic heterocycles. The Kier molecular flexibility index (Phi) is 10.1. The number of nitrogens with one attached hydrogen (secondary N) is 1. The topological polar surface area (TPSA) is 96.0 Å². The van der Waals surface area contributed by atoms with Crippen molar-refractivity contribution in [2.45, 2.75) is 38.9 Å². The highest BCUT2D eigenvalue weighted by Crippen LogP contribution is 2.22. The molecule has 2 amide bonds. The second-order valence-electron chi connectivity index (χ2n) is 9.49. The fourth-order valence-corrected chi connectivity index (χ4v) is 4.97. The summed E-state index contributed by atoms with van der Waals surface area (Å²) in [5.74, 6) is -0.910. The van der Waals surface area contributed by atoms with E-state index in [-0.39, 0.29) is 30.6 Å². The number of hydrogen-bond acceptors (Lipinski definition) is 5. The summed E-state index contributed by atoms with van der Waals surface area (Å²) in [4.78, 5) is 28.9. The Morgan fingerprint density at radius 2 is 1.59 bits per heavy atom. The Balaban J connectivity index is 2.06. The van der Waals surface area contributed by atoms with Crippen LogP contribution in [0.1, 0.15) is 25.0 Å². The number of carbonyl (C=O) groups is 2. The Morgan fingerprint density at radius 3 is 2.18 bits per heavy atom. The van der Waals surface area contributed by atoms with Gasteiger partial charge < -0.3 is 15.0 Å². The van der Waals surface area contributed by atoms with E-state index in [4.69, 9.17) is 4.74 Å². The van der Waals surface area contributed by atoms with Gasteiger partial charge in [-0.1, -0.05) is 42.5 Å². The monoisotopic (exact) mass is 555 g/mol. The molecule has 8 nitrogen and oxygen atoms in total. The summed E-state index contributed by atoms with van der Waals surface area (Å²) in [5.41, 5.74) is 1.67. The van der Waals surface area contributed by atoms with E-state index in [1.807, 2.05) is 44.2 Å². The standard InChI is InChI=1S/C29H34FN3O5S/c1-21(2)31-29(35)27(18-22-9-6-5-7-10-22)32(19-23-11-8-12-26(17-23)38-3)28(34)20-33(39(4,36)37)25-15-13-24(30)14-16-25/h5-17,21,27H,18-20H2,1-4H3,(H,31,35). The predicted octanol–water partition coefficient (Wildman–Crippen LogP) is 3.77. The molecule has 0 radical (unpaired) electrons. The molecule has 0 spiro atoms. The number of anilines is 1. The fourth-order valence-electron chi connectivity index (χ4n) is 4.12. The van der Waals surface area contributed by atoms with Crippen molar-refractivity contribution in [1.29, 1.82) is 0 Å². The molecule has 0 bridgehead atoms. The molecule has 0 aromatic heterocycles. The van der Waals surface area contributed by atoms with Gasteiger partial charge in [0, 0.05) is 19.0 Å². The zero-order valence-electron chi connectivity index (χ0n) is 22.5. The minimum absolute atomic E-state index is 0.0278. The molecule has 0 aliphatic rings. The van der Waals surface area contributed by atoms with Gasteiger partial charge in [-0.25, -0.2) is 12.8 Å². The van der Waals surface area contributed by atoms with Crippen LogP contribution in [-0.4, -0.2) is 57.1 Å². The van der Waals surface area contributed by atoms with E-state index >= 15 is 0 Å². The number of ether oxygens (including phenoxy) is 1. The maximum Gasteiger partial charge on any atom is 0.244 e. The minimum Gasteiger partial charge on any atom is -0.497 e.